The maximum absolute atomic E-state index is 12.6. The predicted octanol–water partition coefficient (Wildman–Crippen LogP) is 5.53. The van der Waals surface area contributed by atoms with Gasteiger partial charge in [-0.05, 0) is 42.8 Å². The molecule has 0 aliphatic carbocycles. The Morgan fingerprint density at radius 1 is 1.25 bits per heavy atom. The number of carbonyl (C=O) groups is 2. The quantitative estimate of drug-likeness (QED) is 0.544. The molecule has 1 N–H and O–H groups in total. The van der Waals surface area contributed by atoms with E-state index in [-0.39, 0.29) is 21.2 Å². The highest BCUT2D eigenvalue weighted by Gasteiger charge is 2.23. The number of hydrogen-bond acceptors (Lipinski definition) is 6. The van der Waals surface area contributed by atoms with Crippen LogP contribution in [0.25, 0.3) is 11.3 Å². The van der Waals surface area contributed by atoms with Gasteiger partial charge in [-0.25, -0.2) is 4.79 Å². The summed E-state index contributed by atoms with van der Waals surface area (Å²) in [5.74, 6) is -0.759. The number of amides is 1. The number of rotatable bonds is 4. The number of carbonyl (C=O) groups excluding carboxylic acids is 2. The summed E-state index contributed by atoms with van der Waals surface area (Å²) in [7, 11) is 1.25. The van der Waals surface area contributed by atoms with Gasteiger partial charge in [0, 0.05) is 10.6 Å². The molecule has 3 aromatic rings. The van der Waals surface area contributed by atoms with Crippen LogP contribution in [0.15, 0.2) is 34.7 Å². The van der Waals surface area contributed by atoms with Gasteiger partial charge in [0.25, 0.3) is 5.91 Å². The van der Waals surface area contributed by atoms with Gasteiger partial charge < -0.3 is 14.5 Å². The number of furan rings is 1. The minimum Gasteiger partial charge on any atom is -0.465 e. The SMILES string of the molecule is COC(=O)c1sc(NC(=O)c2ccc(-c3cc(Cl)ccc3Cl)o2)c(C#N)c1C. The summed E-state index contributed by atoms with van der Waals surface area (Å²) >= 11 is 13.1. The van der Waals surface area contributed by atoms with Gasteiger partial charge in [-0.3, -0.25) is 4.79 Å². The molecule has 0 unspecified atom stereocenters. The van der Waals surface area contributed by atoms with E-state index in [1.807, 2.05) is 6.07 Å². The molecule has 142 valence electrons. The van der Waals surface area contributed by atoms with Gasteiger partial charge in [-0.15, -0.1) is 11.3 Å². The van der Waals surface area contributed by atoms with Crippen LogP contribution in [0, 0.1) is 18.3 Å². The topological polar surface area (TPSA) is 92.3 Å². The number of nitrogens with zero attached hydrogens (tertiary/aromatic N) is 1. The number of nitriles is 1. The van der Waals surface area contributed by atoms with E-state index in [4.69, 9.17) is 32.4 Å². The lowest BCUT2D eigenvalue weighted by molar-refractivity contribution is 0.0605. The van der Waals surface area contributed by atoms with Crippen LogP contribution in [0.5, 0.6) is 0 Å². The predicted molar refractivity (Wildman–Crippen MR) is 107 cm³/mol. The highest BCUT2D eigenvalue weighted by molar-refractivity contribution is 7.18. The van der Waals surface area contributed by atoms with Crippen molar-refractivity contribution in [3.63, 3.8) is 0 Å². The maximum Gasteiger partial charge on any atom is 0.348 e. The average Bonchev–Trinajstić information content (AvgIpc) is 3.28. The van der Waals surface area contributed by atoms with Crippen LogP contribution in [0.1, 0.15) is 31.4 Å². The molecule has 1 aromatic carbocycles. The molecule has 0 fully saturated rings. The third-order valence-electron chi connectivity index (χ3n) is 3.88. The molecule has 3 rings (SSSR count). The molecule has 0 bridgehead atoms. The summed E-state index contributed by atoms with van der Waals surface area (Å²) < 4.78 is 10.3. The number of esters is 1. The second-order valence-corrected chi connectivity index (χ2v) is 7.47. The Labute approximate surface area is 174 Å². The van der Waals surface area contributed by atoms with Crippen LogP contribution in [0.3, 0.4) is 0 Å². The minimum atomic E-state index is -0.574. The van der Waals surface area contributed by atoms with Crippen molar-refractivity contribution in [1.82, 2.24) is 0 Å². The van der Waals surface area contributed by atoms with Crippen LogP contribution in [0.4, 0.5) is 5.00 Å². The molecule has 1 amide bonds. The van der Waals surface area contributed by atoms with Crippen molar-refractivity contribution < 1.29 is 18.7 Å². The van der Waals surface area contributed by atoms with E-state index in [1.54, 1.807) is 31.2 Å². The highest BCUT2D eigenvalue weighted by Crippen LogP contribution is 2.34. The molecule has 0 spiro atoms. The fraction of sp³-hybridized carbons (Fsp3) is 0.105. The summed E-state index contributed by atoms with van der Waals surface area (Å²) in [5.41, 5.74) is 1.19. The molecule has 0 saturated heterocycles. The van der Waals surface area contributed by atoms with E-state index in [2.05, 4.69) is 5.32 Å². The number of thiophene rings is 1. The number of benzene rings is 1. The zero-order chi connectivity index (χ0) is 20.4. The van der Waals surface area contributed by atoms with Gasteiger partial charge in [0.2, 0.25) is 0 Å². The van der Waals surface area contributed by atoms with Crippen LogP contribution in [-0.2, 0) is 4.74 Å². The van der Waals surface area contributed by atoms with Gasteiger partial charge in [0.15, 0.2) is 5.76 Å². The molecule has 0 atom stereocenters. The first-order valence-electron chi connectivity index (χ1n) is 7.84. The second kappa shape index (κ2) is 8.07. The fourth-order valence-electron chi connectivity index (χ4n) is 2.48. The largest absolute Gasteiger partial charge is 0.465 e. The fourth-order valence-corrected chi connectivity index (χ4v) is 3.93. The molecular formula is C19H12Cl2N2O4S. The molecule has 0 aliphatic rings. The van der Waals surface area contributed by atoms with Crippen molar-refractivity contribution in [3.05, 3.63) is 62.1 Å². The molecule has 0 aliphatic heterocycles. The molecule has 6 nitrogen and oxygen atoms in total. The first kappa shape index (κ1) is 20.0. The van der Waals surface area contributed by atoms with Crippen molar-refractivity contribution in [1.29, 1.82) is 5.26 Å². The smallest absolute Gasteiger partial charge is 0.348 e. The Balaban J connectivity index is 1.89. The first-order chi connectivity index (χ1) is 13.3. The standard InChI is InChI=1S/C19H12Cl2N2O4S/c1-9-12(8-22)18(28-16(9)19(25)26-2)23-17(24)15-6-5-14(27-15)11-7-10(20)3-4-13(11)21/h3-7H,1-2H3,(H,23,24). The number of nitrogens with one attached hydrogen (secondary N) is 1. The van der Waals surface area contributed by atoms with E-state index in [1.165, 1.54) is 13.2 Å². The lowest BCUT2D eigenvalue weighted by atomic mass is 10.2. The Bertz CT molecular complexity index is 1130. The normalized spacial score (nSPS) is 10.4. The van der Waals surface area contributed by atoms with E-state index >= 15 is 0 Å². The third-order valence-corrected chi connectivity index (χ3v) is 5.63. The van der Waals surface area contributed by atoms with Crippen LogP contribution < -0.4 is 5.32 Å². The maximum atomic E-state index is 12.6. The van der Waals surface area contributed by atoms with Gasteiger partial charge in [-0.2, -0.15) is 5.26 Å². The molecule has 0 radical (unpaired) electrons. The lowest BCUT2D eigenvalue weighted by Crippen LogP contribution is -2.10. The minimum absolute atomic E-state index is 0.0144. The Kier molecular flexibility index (Phi) is 5.75. The number of hydrogen-bond donors (Lipinski definition) is 1. The molecule has 9 heteroatoms. The van der Waals surface area contributed by atoms with Crippen molar-refractivity contribution >= 4 is 51.4 Å². The summed E-state index contributed by atoms with van der Waals surface area (Å²) in [6.07, 6.45) is 0. The van der Waals surface area contributed by atoms with Crippen LogP contribution in [-0.4, -0.2) is 19.0 Å². The van der Waals surface area contributed by atoms with E-state index in [0.717, 1.165) is 11.3 Å². The van der Waals surface area contributed by atoms with Gasteiger partial charge in [0.05, 0.1) is 17.7 Å². The molecule has 0 saturated carbocycles. The zero-order valence-electron chi connectivity index (χ0n) is 14.6. The van der Waals surface area contributed by atoms with Crippen molar-refractivity contribution in [2.24, 2.45) is 0 Å². The lowest BCUT2D eigenvalue weighted by Gasteiger charge is -2.02. The summed E-state index contributed by atoms with van der Waals surface area (Å²) in [6.45, 7) is 1.61. The Morgan fingerprint density at radius 2 is 2.00 bits per heavy atom. The molecule has 2 heterocycles. The number of anilines is 1. The third kappa shape index (κ3) is 3.76. The Hall–Kier alpha value is -2.79. The van der Waals surface area contributed by atoms with Crippen molar-refractivity contribution in [3.8, 4) is 17.4 Å². The van der Waals surface area contributed by atoms with Crippen LogP contribution in [0.2, 0.25) is 10.0 Å². The number of halogens is 2. The molecule has 2 aromatic heterocycles. The summed E-state index contributed by atoms with van der Waals surface area (Å²) in [6, 6.07) is 9.97. The van der Waals surface area contributed by atoms with Gasteiger partial charge >= 0.3 is 5.97 Å². The average molecular weight is 435 g/mol. The Morgan fingerprint density at radius 3 is 2.68 bits per heavy atom. The molecular weight excluding hydrogens is 423 g/mol. The first-order valence-corrected chi connectivity index (χ1v) is 9.41. The van der Waals surface area contributed by atoms with Crippen molar-refractivity contribution in [2.45, 2.75) is 6.92 Å². The van der Waals surface area contributed by atoms with Gasteiger partial charge in [0.1, 0.15) is 21.7 Å². The summed E-state index contributed by atoms with van der Waals surface area (Å²) in [5, 5.41) is 13.1. The highest BCUT2D eigenvalue weighted by atomic mass is 35.5. The zero-order valence-corrected chi connectivity index (χ0v) is 17.0. The monoisotopic (exact) mass is 434 g/mol. The van der Waals surface area contributed by atoms with Crippen molar-refractivity contribution in [2.75, 3.05) is 12.4 Å². The molecule has 28 heavy (non-hydrogen) atoms. The second-order valence-electron chi connectivity index (χ2n) is 5.61. The van der Waals surface area contributed by atoms with Gasteiger partial charge in [-0.1, -0.05) is 23.2 Å². The number of ether oxygens (including phenoxy) is 1. The van der Waals surface area contributed by atoms with E-state index in [0.29, 0.717) is 26.9 Å². The van der Waals surface area contributed by atoms with Crippen LogP contribution >= 0.6 is 34.5 Å². The van der Waals surface area contributed by atoms with E-state index < -0.39 is 11.9 Å². The summed E-state index contributed by atoms with van der Waals surface area (Å²) in [4.78, 5) is 24.6. The van der Waals surface area contributed by atoms with E-state index in [9.17, 15) is 14.9 Å². The number of methoxy groups -OCH3 is 1.